The zero-order valence-corrected chi connectivity index (χ0v) is 21.0. The highest BCUT2D eigenvalue weighted by molar-refractivity contribution is 5.99. The highest BCUT2D eigenvalue weighted by Crippen LogP contribution is 2.77. The largest absolute Gasteiger partial charge is 0.481 e. The Morgan fingerprint density at radius 3 is 2.66 bits per heavy atom. The average Bonchev–Trinajstić information content (AvgIpc) is 3.14. The molecular formula is C31H40N2O2. The van der Waals surface area contributed by atoms with Gasteiger partial charge < -0.3 is 10.4 Å². The summed E-state index contributed by atoms with van der Waals surface area (Å²) in [5.41, 5.74) is 2.92. The van der Waals surface area contributed by atoms with Gasteiger partial charge in [-0.1, -0.05) is 31.0 Å². The standard InChI is InChI=1S/C31H40N2O2/c34-28(35)31-7-3-4-19-10-25(31)16-30(12-19,18-31)29-13-20-8-22(11-24(15-29)23(9-20)14-29)27-32-17-21-5-1-2-6-26(21)33-27/h1-2,5-6,19-20,22-25H,3-4,7-18H2,(H,32,33)(H,34,35). The second-order valence-corrected chi connectivity index (χ2v) is 14.2. The van der Waals surface area contributed by atoms with Crippen LogP contribution in [0.3, 0.4) is 0 Å². The molecule has 6 saturated carbocycles. The summed E-state index contributed by atoms with van der Waals surface area (Å²) in [6.07, 6.45) is 16.3. The molecule has 1 aromatic rings. The molecule has 35 heavy (non-hydrogen) atoms. The zero-order chi connectivity index (χ0) is 23.4. The number of rotatable bonds is 3. The predicted octanol–water partition coefficient (Wildman–Crippen LogP) is 6.90. The molecule has 0 radical (unpaired) electrons. The fourth-order valence-electron chi connectivity index (χ4n) is 11.7. The molecule has 9 atom stereocenters. The molecule has 6 aliphatic carbocycles. The minimum atomic E-state index is -0.449. The molecule has 1 aromatic carbocycles. The molecule has 0 spiro atoms. The van der Waals surface area contributed by atoms with Crippen molar-refractivity contribution in [3.63, 3.8) is 0 Å². The van der Waals surface area contributed by atoms with Gasteiger partial charge in [-0.25, -0.2) is 0 Å². The van der Waals surface area contributed by atoms with Crippen molar-refractivity contribution in [3.8, 4) is 0 Å². The second-order valence-electron chi connectivity index (χ2n) is 14.2. The number of benzene rings is 1. The third kappa shape index (κ3) is 2.86. The van der Waals surface area contributed by atoms with Crippen LogP contribution in [0.1, 0.15) is 89.0 Å². The third-order valence-electron chi connectivity index (χ3n) is 12.7. The van der Waals surface area contributed by atoms with Crippen molar-refractivity contribution in [3.05, 3.63) is 29.8 Å². The minimum Gasteiger partial charge on any atom is -0.481 e. The predicted molar refractivity (Wildman–Crippen MR) is 137 cm³/mol. The van der Waals surface area contributed by atoms with Gasteiger partial charge in [0.25, 0.3) is 0 Å². The summed E-state index contributed by atoms with van der Waals surface area (Å²) in [6, 6.07) is 8.65. The Kier molecular flexibility index (Phi) is 4.33. The molecule has 4 nitrogen and oxygen atoms in total. The number of nitrogens with zero attached hydrogens (tertiary/aromatic N) is 1. The highest BCUT2D eigenvalue weighted by atomic mass is 16.4. The number of carboxylic acids is 1. The number of anilines is 1. The summed E-state index contributed by atoms with van der Waals surface area (Å²) in [7, 11) is 0. The smallest absolute Gasteiger partial charge is 0.309 e. The Labute approximate surface area is 209 Å². The molecule has 0 saturated heterocycles. The molecule has 9 unspecified atom stereocenters. The van der Waals surface area contributed by atoms with Gasteiger partial charge in [0, 0.05) is 11.6 Å². The Bertz CT molecular complexity index is 1110. The van der Waals surface area contributed by atoms with E-state index in [2.05, 4.69) is 29.6 Å². The van der Waals surface area contributed by atoms with Crippen LogP contribution in [0.4, 0.5) is 5.69 Å². The van der Waals surface area contributed by atoms with Gasteiger partial charge in [-0.05, 0) is 123 Å². The lowest BCUT2D eigenvalue weighted by Gasteiger charge is -2.55. The molecule has 186 valence electrons. The van der Waals surface area contributed by atoms with E-state index >= 15 is 0 Å². The topological polar surface area (TPSA) is 61.7 Å². The molecule has 8 rings (SSSR count). The van der Waals surface area contributed by atoms with Gasteiger partial charge in [0.2, 0.25) is 0 Å². The number of hydrogen-bond acceptors (Lipinski definition) is 3. The fraction of sp³-hybridized carbons (Fsp3) is 0.742. The van der Waals surface area contributed by atoms with E-state index in [0.29, 0.717) is 22.7 Å². The Morgan fingerprint density at radius 2 is 1.77 bits per heavy atom. The van der Waals surface area contributed by atoms with E-state index < -0.39 is 11.4 Å². The van der Waals surface area contributed by atoms with Crippen LogP contribution in [0.2, 0.25) is 0 Å². The number of nitrogens with one attached hydrogen (secondary N) is 1. The van der Waals surface area contributed by atoms with E-state index in [9.17, 15) is 9.90 Å². The Balaban J connectivity index is 1.10. The normalized spacial score (nSPS) is 49.1. The van der Waals surface area contributed by atoms with Crippen LogP contribution >= 0.6 is 0 Å². The lowest BCUT2D eigenvalue weighted by molar-refractivity contribution is -0.152. The van der Waals surface area contributed by atoms with Crippen molar-refractivity contribution >= 4 is 17.5 Å². The fourth-order valence-corrected chi connectivity index (χ4v) is 11.7. The van der Waals surface area contributed by atoms with Crippen LogP contribution < -0.4 is 5.32 Å². The number of fused-ring (bicyclic) bond motifs is 6. The van der Waals surface area contributed by atoms with Crippen molar-refractivity contribution in [2.75, 3.05) is 5.32 Å². The summed E-state index contributed by atoms with van der Waals surface area (Å²) < 4.78 is 0. The molecule has 7 aliphatic rings. The number of hydrogen-bond donors (Lipinski definition) is 2. The number of aliphatic imine (C=N–C) groups is 1. The SMILES string of the molecule is O=C(O)C12CCCC3CC1CC(C14CC5CC(C6=NCc7ccccc7N6)CC(C1)C(C5)C4)(C3)C2. The van der Waals surface area contributed by atoms with E-state index in [1.807, 2.05) is 0 Å². The lowest BCUT2D eigenvalue weighted by Crippen LogP contribution is -2.46. The first-order valence-corrected chi connectivity index (χ1v) is 14.6. The number of aliphatic carboxylic acids is 1. The van der Waals surface area contributed by atoms with Gasteiger partial charge >= 0.3 is 5.97 Å². The molecule has 1 heterocycles. The highest BCUT2D eigenvalue weighted by Gasteiger charge is 2.71. The van der Waals surface area contributed by atoms with E-state index in [1.165, 1.54) is 81.3 Å². The monoisotopic (exact) mass is 472 g/mol. The first-order valence-electron chi connectivity index (χ1n) is 14.6. The van der Waals surface area contributed by atoms with Gasteiger partial charge in [-0.15, -0.1) is 0 Å². The Hall–Kier alpha value is -1.84. The number of carbonyl (C=O) groups is 1. The van der Waals surface area contributed by atoms with Gasteiger partial charge in [-0.3, -0.25) is 9.79 Å². The molecule has 6 bridgehead atoms. The Morgan fingerprint density at radius 1 is 0.943 bits per heavy atom. The van der Waals surface area contributed by atoms with E-state index in [-0.39, 0.29) is 0 Å². The maximum atomic E-state index is 12.8. The quantitative estimate of drug-likeness (QED) is 0.503. The van der Waals surface area contributed by atoms with Crippen molar-refractivity contribution < 1.29 is 9.90 Å². The first-order chi connectivity index (χ1) is 17.0. The number of carboxylic acid groups (broad SMARTS) is 1. The maximum Gasteiger partial charge on any atom is 0.309 e. The van der Waals surface area contributed by atoms with Crippen molar-refractivity contribution in [2.45, 2.75) is 90.0 Å². The number of para-hydroxylation sites is 1. The van der Waals surface area contributed by atoms with Gasteiger partial charge in [0.05, 0.1) is 12.0 Å². The van der Waals surface area contributed by atoms with Crippen molar-refractivity contribution in [1.82, 2.24) is 0 Å². The van der Waals surface area contributed by atoms with Crippen LogP contribution in [0.25, 0.3) is 0 Å². The van der Waals surface area contributed by atoms with E-state index in [1.54, 1.807) is 0 Å². The summed E-state index contributed by atoms with van der Waals surface area (Å²) >= 11 is 0. The third-order valence-corrected chi connectivity index (χ3v) is 12.7. The van der Waals surface area contributed by atoms with Crippen LogP contribution in [0.15, 0.2) is 29.3 Å². The van der Waals surface area contributed by atoms with Crippen LogP contribution in [0, 0.1) is 51.8 Å². The van der Waals surface area contributed by atoms with Gasteiger partial charge in [-0.2, -0.15) is 0 Å². The molecule has 0 amide bonds. The summed E-state index contributed by atoms with van der Waals surface area (Å²) in [6.45, 7) is 0.820. The zero-order valence-electron chi connectivity index (χ0n) is 21.0. The van der Waals surface area contributed by atoms with Gasteiger partial charge in [0.15, 0.2) is 0 Å². The summed E-state index contributed by atoms with van der Waals surface area (Å²) in [5, 5.41) is 14.3. The summed E-state index contributed by atoms with van der Waals surface area (Å²) in [4.78, 5) is 17.8. The van der Waals surface area contributed by atoms with Gasteiger partial charge in [0.1, 0.15) is 5.84 Å². The van der Waals surface area contributed by atoms with Crippen molar-refractivity contribution in [2.24, 2.45) is 56.7 Å². The van der Waals surface area contributed by atoms with Crippen LogP contribution in [-0.4, -0.2) is 16.9 Å². The maximum absolute atomic E-state index is 12.8. The second kappa shape index (κ2) is 7.13. The molecule has 2 N–H and O–H groups in total. The molecular weight excluding hydrogens is 432 g/mol. The average molecular weight is 473 g/mol. The number of amidine groups is 1. The molecule has 4 heteroatoms. The molecule has 0 aromatic heterocycles. The van der Waals surface area contributed by atoms with Crippen LogP contribution in [0.5, 0.6) is 0 Å². The lowest BCUT2D eigenvalue weighted by atomic mass is 9.50. The minimum absolute atomic E-state index is 0.317. The molecule has 6 fully saturated rings. The van der Waals surface area contributed by atoms with Crippen LogP contribution in [-0.2, 0) is 11.3 Å². The summed E-state index contributed by atoms with van der Waals surface area (Å²) in [5.74, 6) is 5.09. The molecule has 1 aliphatic heterocycles. The first kappa shape index (κ1) is 21.3. The van der Waals surface area contributed by atoms with Crippen molar-refractivity contribution in [1.29, 1.82) is 0 Å². The van der Waals surface area contributed by atoms with E-state index in [4.69, 9.17) is 4.99 Å². The van der Waals surface area contributed by atoms with E-state index in [0.717, 1.165) is 49.5 Å².